The number of nitrogens with zero attached hydrogens (tertiary/aromatic N) is 1. The molecule has 2 N–H and O–H groups in total. The van der Waals surface area contributed by atoms with Gasteiger partial charge in [0.1, 0.15) is 17.0 Å². The van der Waals surface area contributed by atoms with Crippen molar-refractivity contribution in [3.63, 3.8) is 0 Å². The van der Waals surface area contributed by atoms with Crippen LogP contribution in [-0.2, 0) is 16.0 Å². The molecule has 1 aromatic heterocycles. The van der Waals surface area contributed by atoms with E-state index in [2.05, 4.69) is 10.3 Å². The summed E-state index contributed by atoms with van der Waals surface area (Å²) in [5.74, 6) is -0.307. The van der Waals surface area contributed by atoms with Crippen LogP contribution in [0.5, 0.6) is 5.75 Å². The Morgan fingerprint density at radius 1 is 1.21 bits per heavy atom. The van der Waals surface area contributed by atoms with E-state index in [1.807, 2.05) is 24.3 Å². The summed E-state index contributed by atoms with van der Waals surface area (Å²) in [7, 11) is 0. The van der Waals surface area contributed by atoms with Crippen LogP contribution in [0.2, 0.25) is 0 Å². The van der Waals surface area contributed by atoms with Gasteiger partial charge >= 0.3 is 5.97 Å². The van der Waals surface area contributed by atoms with Crippen molar-refractivity contribution >= 4 is 17.7 Å². The summed E-state index contributed by atoms with van der Waals surface area (Å²) in [6.07, 6.45) is 1.62. The van der Waals surface area contributed by atoms with Crippen molar-refractivity contribution < 1.29 is 19.4 Å². The molecule has 0 spiro atoms. The number of aliphatic carboxylic acids is 1. The van der Waals surface area contributed by atoms with E-state index in [4.69, 9.17) is 4.74 Å². The number of amides is 1. The molecule has 0 saturated heterocycles. The third kappa shape index (κ3) is 2.40. The Morgan fingerprint density at radius 3 is 2.79 bits per heavy atom. The van der Waals surface area contributed by atoms with Gasteiger partial charge in [-0.2, -0.15) is 0 Å². The number of carbonyl (C=O) groups excluding carboxylic acids is 1. The molecule has 2 aromatic rings. The normalized spacial score (nSPS) is 16.8. The van der Waals surface area contributed by atoms with Crippen molar-refractivity contribution in [2.75, 3.05) is 11.9 Å². The first-order valence-corrected chi connectivity index (χ1v) is 7.86. The number of nitrogens with one attached hydrogen (secondary N) is 1. The fraction of sp³-hybridized carbons (Fsp3) is 0.278. The predicted molar refractivity (Wildman–Crippen MR) is 86.8 cm³/mol. The van der Waals surface area contributed by atoms with Crippen LogP contribution in [-0.4, -0.2) is 28.6 Å². The number of fused-ring (bicyclic) bond motifs is 1. The zero-order chi connectivity index (χ0) is 16.7. The summed E-state index contributed by atoms with van der Waals surface area (Å²) in [5, 5.41) is 11.8. The minimum absolute atomic E-state index is 0.363. The first kappa shape index (κ1) is 14.7. The standard InChI is InChI=1S/C18H16N2O4/c21-16(18(7-8-18)17(22)23)20-15-3-1-2-13(19-15)11-4-5-14-12(10-11)6-9-24-14/h1-5,10H,6-9H2,(H,22,23)(H,19,20,21). The highest BCUT2D eigenvalue weighted by Crippen LogP contribution is 2.46. The first-order valence-electron chi connectivity index (χ1n) is 7.86. The zero-order valence-corrected chi connectivity index (χ0v) is 12.9. The highest BCUT2D eigenvalue weighted by atomic mass is 16.5. The van der Waals surface area contributed by atoms with Gasteiger partial charge in [-0.25, -0.2) is 4.98 Å². The molecule has 1 aliphatic heterocycles. The van der Waals surface area contributed by atoms with E-state index < -0.39 is 17.3 Å². The lowest BCUT2D eigenvalue weighted by atomic mass is 10.1. The number of hydrogen-bond donors (Lipinski definition) is 2. The van der Waals surface area contributed by atoms with Crippen LogP contribution < -0.4 is 10.1 Å². The molecule has 1 aromatic carbocycles. The number of rotatable bonds is 4. The highest BCUT2D eigenvalue weighted by molar-refractivity contribution is 6.10. The number of ether oxygens (including phenoxy) is 1. The van der Waals surface area contributed by atoms with Gasteiger partial charge in [0.15, 0.2) is 0 Å². The molecule has 2 heterocycles. The van der Waals surface area contributed by atoms with Gasteiger partial charge in [-0.15, -0.1) is 0 Å². The van der Waals surface area contributed by atoms with Crippen LogP contribution in [0.3, 0.4) is 0 Å². The Balaban J connectivity index is 1.58. The number of aromatic nitrogens is 1. The summed E-state index contributed by atoms with van der Waals surface area (Å²) in [4.78, 5) is 27.9. The van der Waals surface area contributed by atoms with Crippen LogP contribution in [0.15, 0.2) is 36.4 Å². The van der Waals surface area contributed by atoms with Crippen LogP contribution in [0.4, 0.5) is 5.82 Å². The summed E-state index contributed by atoms with van der Waals surface area (Å²) in [6.45, 7) is 0.694. The maximum atomic E-state index is 12.2. The van der Waals surface area contributed by atoms with Crippen LogP contribution in [0.1, 0.15) is 18.4 Å². The number of carboxylic acids is 1. The molecule has 6 heteroatoms. The highest BCUT2D eigenvalue weighted by Gasteiger charge is 2.57. The van der Waals surface area contributed by atoms with Gasteiger partial charge in [0.25, 0.3) is 0 Å². The summed E-state index contributed by atoms with van der Waals surface area (Å²) in [6, 6.07) is 11.2. The number of pyridine rings is 1. The summed E-state index contributed by atoms with van der Waals surface area (Å²) < 4.78 is 5.50. The fourth-order valence-electron chi connectivity index (χ4n) is 2.91. The Kier molecular flexibility index (Phi) is 3.26. The minimum atomic E-state index is -1.28. The van der Waals surface area contributed by atoms with E-state index in [9.17, 15) is 14.7 Å². The van der Waals surface area contributed by atoms with Crippen LogP contribution in [0.25, 0.3) is 11.3 Å². The van der Waals surface area contributed by atoms with Crippen LogP contribution >= 0.6 is 0 Å². The second kappa shape index (κ2) is 5.33. The number of carboxylic acid groups (broad SMARTS) is 1. The monoisotopic (exact) mass is 324 g/mol. The molecular weight excluding hydrogens is 308 g/mol. The average Bonchev–Trinajstić information content (AvgIpc) is 3.27. The maximum Gasteiger partial charge on any atom is 0.319 e. The summed E-state index contributed by atoms with van der Waals surface area (Å²) in [5.41, 5.74) is 1.53. The quantitative estimate of drug-likeness (QED) is 0.844. The van der Waals surface area contributed by atoms with Crippen molar-refractivity contribution in [2.24, 2.45) is 5.41 Å². The average molecular weight is 324 g/mol. The van der Waals surface area contributed by atoms with E-state index in [1.54, 1.807) is 12.1 Å². The summed E-state index contributed by atoms with van der Waals surface area (Å²) >= 11 is 0. The van der Waals surface area contributed by atoms with Gasteiger partial charge < -0.3 is 15.2 Å². The minimum Gasteiger partial charge on any atom is -0.493 e. The third-order valence-electron chi connectivity index (χ3n) is 4.57. The molecule has 1 saturated carbocycles. The second-order valence-electron chi connectivity index (χ2n) is 6.17. The number of anilines is 1. The van der Waals surface area contributed by atoms with Crippen LogP contribution in [0, 0.1) is 5.41 Å². The number of carbonyl (C=O) groups is 2. The lowest BCUT2D eigenvalue weighted by Crippen LogP contribution is -2.31. The molecule has 0 bridgehead atoms. The van der Waals surface area contributed by atoms with Gasteiger partial charge in [0.05, 0.1) is 12.3 Å². The fourth-order valence-corrected chi connectivity index (χ4v) is 2.91. The smallest absolute Gasteiger partial charge is 0.319 e. The van der Waals surface area contributed by atoms with Gasteiger partial charge in [0.2, 0.25) is 5.91 Å². The Morgan fingerprint density at radius 2 is 2.04 bits per heavy atom. The molecule has 24 heavy (non-hydrogen) atoms. The molecule has 6 nitrogen and oxygen atoms in total. The number of hydrogen-bond acceptors (Lipinski definition) is 4. The lowest BCUT2D eigenvalue weighted by Gasteiger charge is -2.11. The molecule has 1 fully saturated rings. The number of benzene rings is 1. The maximum absolute atomic E-state index is 12.2. The largest absolute Gasteiger partial charge is 0.493 e. The second-order valence-corrected chi connectivity index (χ2v) is 6.17. The molecule has 122 valence electrons. The molecule has 2 aliphatic rings. The Hall–Kier alpha value is -2.89. The van der Waals surface area contributed by atoms with E-state index in [0.29, 0.717) is 25.3 Å². The van der Waals surface area contributed by atoms with Crippen molar-refractivity contribution in [3.8, 4) is 17.0 Å². The lowest BCUT2D eigenvalue weighted by molar-refractivity contribution is -0.147. The van der Waals surface area contributed by atoms with E-state index in [-0.39, 0.29) is 0 Å². The predicted octanol–water partition coefficient (Wildman–Crippen LogP) is 2.49. The Labute approximate surface area is 138 Å². The molecule has 0 radical (unpaired) electrons. The van der Waals surface area contributed by atoms with E-state index in [1.165, 1.54) is 0 Å². The SMILES string of the molecule is O=C(O)C1(C(=O)Nc2cccc(-c3ccc4c(c3)CCO4)n2)CC1. The molecule has 1 amide bonds. The van der Waals surface area contributed by atoms with Crippen molar-refractivity contribution in [3.05, 3.63) is 42.0 Å². The first-order chi connectivity index (χ1) is 11.6. The van der Waals surface area contributed by atoms with E-state index >= 15 is 0 Å². The van der Waals surface area contributed by atoms with Gasteiger partial charge in [-0.05, 0) is 48.7 Å². The third-order valence-corrected chi connectivity index (χ3v) is 4.57. The van der Waals surface area contributed by atoms with Gasteiger partial charge in [-0.3, -0.25) is 9.59 Å². The molecule has 0 unspecified atom stereocenters. The molecule has 1 aliphatic carbocycles. The van der Waals surface area contributed by atoms with Crippen molar-refractivity contribution in [2.45, 2.75) is 19.3 Å². The molecular formula is C18H16N2O4. The molecule has 0 atom stereocenters. The zero-order valence-electron chi connectivity index (χ0n) is 12.9. The molecule has 4 rings (SSSR count). The van der Waals surface area contributed by atoms with Gasteiger partial charge in [0, 0.05) is 12.0 Å². The van der Waals surface area contributed by atoms with Crippen molar-refractivity contribution in [1.29, 1.82) is 0 Å². The van der Waals surface area contributed by atoms with Gasteiger partial charge in [-0.1, -0.05) is 6.07 Å². The van der Waals surface area contributed by atoms with E-state index in [0.717, 1.165) is 29.0 Å². The Bertz CT molecular complexity index is 843. The topological polar surface area (TPSA) is 88.5 Å². The van der Waals surface area contributed by atoms with Crippen molar-refractivity contribution in [1.82, 2.24) is 4.98 Å².